The van der Waals surface area contributed by atoms with E-state index < -0.39 is 0 Å². The lowest BCUT2D eigenvalue weighted by molar-refractivity contribution is 0.354. The zero-order valence-corrected chi connectivity index (χ0v) is 17.7. The molecule has 0 fully saturated rings. The standard InChI is InChI=1S/C23H20Cl2N2O2/c1-28-21-11-10-15(12-22(21)29-2)13-23-26-19-8-3-4-9-20(19)27(23)14-16-17(24)6-5-7-18(16)25/h3-12H,13-14H2,1-2H3. The number of benzene rings is 3. The molecule has 4 nitrogen and oxygen atoms in total. The summed E-state index contributed by atoms with van der Waals surface area (Å²) >= 11 is 12.9. The first-order valence-corrected chi connectivity index (χ1v) is 9.94. The molecule has 0 amide bonds. The number of nitrogens with zero attached hydrogens (tertiary/aromatic N) is 2. The largest absolute Gasteiger partial charge is 0.493 e. The summed E-state index contributed by atoms with van der Waals surface area (Å²) in [6.07, 6.45) is 0.636. The predicted octanol–water partition coefficient (Wildman–Crippen LogP) is 6.00. The molecular weight excluding hydrogens is 407 g/mol. The van der Waals surface area contributed by atoms with Crippen molar-refractivity contribution in [1.82, 2.24) is 9.55 Å². The zero-order chi connectivity index (χ0) is 20.4. The number of rotatable bonds is 6. The van der Waals surface area contributed by atoms with Crippen molar-refractivity contribution >= 4 is 34.2 Å². The number of ether oxygens (including phenoxy) is 2. The summed E-state index contributed by atoms with van der Waals surface area (Å²) in [6.45, 7) is 0.543. The number of imidazole rings is 1. The Kier molecular flexibility index (Phi) is 5.65. The molecule has 4 rings (SSSR count). The van der Waals surface area contributed by atoms with Crippen molar-refractivity contribution in [1.29, 1.82) is 0 Å². The molecule has 0 aliphatic rings. The average molecular weight is 427 g/mol. The molecule has 0 aliphatic heterocycles. The van der Waals surface area contributed by atoms with Gasteiger partial charge in [-0.15, -0.1) is 0 Å². The van der Waals surface area contributed by atoms with E-state index >= 15 is 0 Å². The molecule has 0 saturated carbocycles. The van der Waals surface area contributed by atoms with Gasteiger partial charge in [-0.1, -0.05) is 47.5 Å². The maximum Gasteiger partial charge on any atom is 0.161 e. The topological polar surface area (TPSA) is 36.3 Å². The van der Waals surface area contributed by atoms with Crippen molar-refractivity contribution in [2.75, 3.05) is 14.2 Å². The second kappa shape index (κ2) is 8.36. The van der Waals surface area contributed by atoms with Crippen LogP contribution in [0.4, 0.5) is 0 Å². The first-order chi connectivity index (χ1) is 14.1. The third kappa shape index (κ3) is 3.91. The van der Waals surface area contributed by atoms with E-state index in [2.05, 4.69) is 10.6 Å². The highest BCUT2D eigenvalue weighted by molar-refractivity contribution is 6.36. The molecule has 0 saturated heterocycles. The Hall–Kier alpha value is -2.69. The highest BCUT2D eigenvalue weighted by Gasteiger charge is 2.15. The van der Waals surface area contributed by atoms with E-state index in [0.717, 1.165) is 28.0 Å². The summed E-state index contributed by atoms with van der Waals surface area (Å²) in [7, 11) is 3.26. The molecule has 0 aliphatic carbocycles. The van der Waals surface area contributed by atoms with Gasteiger partial charge in [0.25, 0.3) is 0 Å². The molecule has 29 heavy (non-hydrogen) atoms. The lowest BCUT2D eigenvalue weighted by Gasteiger charge is -2.13. The summed E-state index contributed by atoms with van der Waals surface area (Å²) < 4.78 is 13.0. The van der Waals surface area contributed by atoms with Gasteiger partial charge < -0.3 is 14.0 Å². The maximum atomic E-state index is 6.43. The molecule has 1 heterocycles. The fraction of sp³-hybridized carbons (Fsp3) is 0.174. The molecule has 1 aromatic heterocycles. The Morgan fingerprint density at radius 3 is 2.31 bits per heavy atom. The molecule has 4 aromatic rings. The van der Waals surface area contributed by atoms with E-state index in [1.807, 2.05) is 54.6 Å². The monoisotopic (exact) mass is 426 g/mol. The van der Waals surface area contributed by atoms with Gasteiger partial charge in [-0.2, -0.15) is 0 Å². The lowest BCUT2D eigenvalue weighted by Crippen LogP contribution is -2.07. The van der Waals surface area contributed by atoms with Crippen LogP contribution in [-0.4, -0.2) is 23.8 Å². The Labute approximate surface area is 179 Å². The molecule has 0 atom stereocenters. The fourth-order valence-corrected chi connectivity index (χ4v) is 3.97. The van der Waals surface area contributed by atoms with E-state index in [9.17, 15) is 0 Å². The van der Waals surface area contributed by atoms with E-state index in [4.69, 9.17) is 37.7 Å². The molecule has 0 unspecified atom stereocenters. The molecule has 0 spiro atoms. The highest BCUT2D eigenvalue weighted by atomic mass is 35.5. The number of methoxy groups -OCH3 is 2. The summed E-state index contributed by atoms with van der Waals surface area (Å²) in [6, 6.07) is 19.5. The molecule has 0 radical (unpaired) electrons. The quantitative estimate of drug-likeness (QED) is 0.379. The van der Waals surface area contributed by atoms with Gasteiger partial charge in [-0.3, -0.25) is 0 Å². The first kappa shape index (κ1) is 19.6. The highest BCUT2D eigenvalue weighted by Crippen LogP contribution is 2.30. The second-order valence-corrected chi connectivity index (χ2v) is 7.48. The Morgan fingerprint density at radius 1 is 0.862 bits per heavy atom. The fourth-order valence-electron chi connectivity index (χ4n) is 3.45. The van der Waals surface area contributed by atoms with Crippen molar-refractivity contribution in [3.8, 4) is 11.5 Å². The Bertz CT molecular complexity index is 1150. The van der Waals surface area contributed by atoms with Crippen LogP contribution in [0.5, 0.6) is 11.5 Å². The van der Waals surface area contributed by atoms with Gasteiger partial charge in [-0.25, -0.2) is 4.98 Å². The molecule has 0 bridgehead atoms. The Balaban J connectivity index is 1.78. The van der Waals surface area contributed by atoms with Gasteiger partial charge in [0.05, 0.1) is 31.8 Å². The predicted molar refractivity (Wildman–Crippen MR) is 118 cm³/mol. The van der Waals surface area contributed by atoms with Crippen LogP contribution >= 0.6 is 23.2 Å². The normalized spacial score (nSPS) is 11.0. The smallest absolute Gasteiger partial charge is 0.161 e. The Morgan fingerprint density at radius 2 is 1.59 bits per heavy atom. The van der Waals surface area contributed by atoms with Gasteiger partial charge in [0, 0.05) is 22.0 Å². The minimum absolute atomic E-state index is 0.543. The van der Waals surface area contributed by atoms with Gasteiger partial charge in [0.15, 0.2) is 11.5 Å². The SMILES string of the molecule is COc1ccc(Cc2nc3ccccc3n2Cc2c(Cl)cccc2Cl)cc1OC. The van der Waals surface area contributed by atoms with Gasteiger partial charge in [0.2, 0.25) is 0 Å². The van der Waals surface area contributed by atoms with Gasteiger partial charge >= 0.3 is 0 Å². The van der Waals surface area contributed by atoms with Gasteiger partial charge in [0.1, 0.15) is 5.82 Å². The third-order valence-corrected chi connectivity index (χ3v) is 5.63. The van der Waals surface area contributed by atoms with E-state index in [1.165, 1.54) is 0 Å². The van der Waals surface area contributed by atoms with Gasteiger partial charge in [-0.05, 0) is 42.0 Å². The van der Waals surface area contributed by atoms with Crippen LogP contribution < -0.4 is 9.47 Å². The number of para-hydroxylation sites is 2. The molecule has 6 heteroatoms. The molecular formula is C23H20Cl2N2O2. The number of aromatic nitrogens is 2. The van der Waals surface area contributed by atoms with Crippen LogP contribution in [0.15, 0.2) is 60.7 Å². The number of fused-ring (bicyclic) bond motifs is 1. The average Bonchev–Trinajstić information content (AvgIpc) is 3.07. The van der Waals surface area contributed by atoms with Crippen molar-refractivity contribution in [3.63, 3.8) is 0 Å². The van der Waals surface area contributed by atoms with Crippen molar-refractivity contribution in [2.45, 2.75) is 13.0 Å². The molecule has 3 aromatic carbocycles. The van der Waals surface area contributed by atoms with Crippen LogP contribution in [0, 0.1) is 0 Å². The second-order valence-electron chi connectivity index (χ2n) is 6.67. The zero-order valence-electron chi connectivity index (χ0n) is 16.2. The number of halogens is 2. The van der Waals surface area contributed by atoms with Crippen LogP contribution in [0.3, 0.4) is 0 Å². The van der Waals surface area contributed by atoms with Crippen molar-refractivity contribution in [2.24, 2.45) is 0 Å². The number of hydrogen-bond donors (Lipinski definition) is 0. The minimum atomic E-state index is 0.543. The van der Waals surface area contributed by atoms with Crippen LogP contribution in [0.2, 0.25) is 10.0 Å². The van der Waals surface area contributed by atoms with Crippen LogP contribution in [0.25, 0.3) is 11.0 Å². The minimum Gasteiger partial charge on any atom is -0.493 e. The van der Waals surface area contributed by atoms with Crippen molar-refractivity contribution in [3.05, 3.63) is 87.7 Å². The van der Waals surface area contributed by atoms with Crippen LogP contribution in [-0.2, 0) is 13.0 Å². The lowest BCUT2D eigenvalue weighted by atomic mass is 10.1. The summed E-state index contributed by atoms with van der Waals surface area (Å²) in [4.78, 5) is 4.87. The summed E-state index contributed by atoms with van der Waals surface area (Å²) in [5.41, 5.74) is 3.93. The van der Waals surface area contributed by atoms with E-state index in [0.29, 0.717) is 34.5 Å². The van der Waals surface area contributed by atoms with Crippen molar-refractivity contribution < 1.29 is 9.47 Å². The molecule has 0 N–H and O–H groups in total. The third-order valence-electron chi connectivity index (χ3n) is 4.92. The van der Waals surface area contributed by atoms with Crippen LogP contribution in [0.1, 0.15) is 17.0 Å². The van der Waals surface area contributed by atoms with E-state index in [1.54, 1.807) is 14.2 Å². The maximum absolute atomic E-state index is 6.43. The summed E-state index contributed by atoms with van der Waals surface area (Å²) in [5.74, 6) is 2.32. The number of hydrogen-bond acceptors (Lipinski definition) is 3. The summed E-state index contributed by atoms with van der Waals surface area (Å²) in [5, 5.41) is 1.29. The van der Waals surface area contributed by atoms with E-state index in [-0.39, 0.29) is 0 Å². The first-order valence-electron chi connectivity index (χ1n) is 9.18. The molecule has 148 valence electrons.